The van der Waals surface area contributed by atoms with Gasteiger partial charge in [-0.2, -0.15) is 0 Å². The lowest BCUT2D eigenvalue weighted by atomic mass is 10.1. The number of halogens is 1. The van der Waals surface area contributed by atoms with Crippen LogP contribution in [-0.4, -0.2) is 26.2 Å². The van der Waals surface area contributed by atoms with Crippen LogP contribution in [0, 0.1) is 0 Å². The number of ketones is 1. The van der Waals surface area contributed by atoms with Crippen LogP contribution in [0.3, 0.4) is 0 Å². The second-order valence-electron chi connectivity index (χ2n) is 6.53. The molecule has 2 aromatic heterocycles. The number of amides is 1. The van der Waals surface area contributed by atoms with Gasteiger partial charge in [-0.05, 0) is 41.8 Å². The van der Waals surface area contributed by atoms with Crippen LogP contribution in [0.4, 0.5) is 5.82 Å². The van der Waals surface area contributed by atoms with Gasteiger partial charge in [0.1, 0.15) is 5.69 Å². The van der Waals surface area contributed by atoms with Crippen LogP contribution in [0.5, 0.6) is 0 Å². The number of carbonyl (C=O) groups is 2. The number of imidazole rings is 1. The third kappa shape index (κ3) is 6.12. The predicted molar refractivity (Wildman–Crippen MR) is 114 cm³/mol. The first-order valence-corrected chi connectivity index (χ1v) is 9.66. The second-order valence-corrected chi connectivity index (χ2v) is 6.97. The van der Waals surface area contributed by atoms with Crippen LogP contribution in [0.2, 0.25) is 5.02 Å². The maximum absolute atomic E-state index is 12.1. The molecular weight excluding hydrogens is 388 g/mol. The number of hydrogen-bond acceptors (Lipinski definition) is 4. The molecule has 0 aliphatic carbocycles. The van der Waals surface area contributed by atoms with Gasteiger partial charge in [0.25, 0.3) is 0 Å². The van der Waals surface area contributed by atoms with Gasteiger partial charge in [0.15, 0.2) is 11.6 Å². The van der Waals surface area contributed by atoms with Crippen LogP contribution >= 0.6 is 11.6 Å². The van der Waals surface area contributed by atoms with E-state index in [2.05, 4.69) is 15.3 Å². The van der Waals surface area contributed by atoms with Crippen molar-refractivity contribution < 1.29 is 9.59 Å². The van der Waals surface area contributed by atoms with Gasteiger partial charge >= 0.3 is 0 Å². The molecule has 0 saturated carbocycles. The Kier molecular flexibility index (Phi) is 6.92. The standard InChI is InChI=1S/C22H21ClN4O2/c1-2-4-20(28)19-9-7-16(12-24-19)8-10-22(29)26-21-14-27(15-25-21)13-17-5-3-6-18(23)11-17/h3,5-12,14-15H,2,4,13H2,1H3,(H,26,29)/b10-8+. The molecule has 3 rings (SSSR count). The van der Waals surface area contributed by atoms with Crippen molar-refractivity contribution in [2.75, 3.05) is 5.32 Å². The number of benzene rings is 1. The van der Waals surface area contributed by atoms with Crippen LogP contribution in [-0.2, 0) is 11.3 Å². The summed E-state index contributed by atoms with van der Waals surface area (Å²) in [7, 11) is 0. The molecule has 7 heteroatoms. The van der Waals surface area contributed by atoms with E-state index in [0.29, 0.717) is 29.5 Å². The van der Waals surface area contributed by atoms with E-state index in [9.17, 15) is 9.59 Å². The zero-order chi connectivity index (χ0) is 20.6. The first kappa shape index (κ1) is 20.5. The maximum Gasteiger partial charge on any atom is 0.249 e. The highest BCUT2D eigenvalue weighted by molar-refractivity contribution is 6.30. The summed E-state index contributed by atoms with van der Waals surface area (Å²) in [5.41, 5.74) is 2.22. The van der Waals surface area contributed by atoms with E-state index in [1.54, 1.807) is 36.9 Å². The summed E-state index contributed by atoms with van der Waals surface area (Å²) in [4.78, 5) is 32.3. The summed E-state index contributed by atoms with van der Waals surface area (Å²) < 4.78 is 1.86. The van der Waals surface area contributed by atoms with Crippen molar-refractivity contribution in [1.82, 2.24) is 14.5 Å². The van der Waals surface area contributed by atoms with Gasteiger partial charge in [-0.15, -0.1) is 0 Å². The summed E-state index contributed by atoms with van der Waals surface area (Å²) >= 11 is 6.00. The number of Topliss-reactive ketones (excluding diaryl/α,β-unsaturated/α-hetero) is 1. The molecule has 148 valence electrons. The van der Waals surface area contributed by atoms with Crippen LogP contribution in [0.1, 0.15) is 41.4 Å². The van der Waals surface area contributed by atoms with Gasteiger partial charge < -0.3 is 9.88 Å². The zero-order valence-electron chi connectivity index (χ0n) is 16.0. The summed E-state index contributed by atoms with van der Waals surface area (Å²) in [6.45, 7) is 2.56. The van der Waals surface area contributed by atoms with Crippen molar-refractivity contribution in [3.63, 3.8) is 0 Å². The average molecular weight is 409 g/mol. The first-order chi connectivity index (χ1) is 14.0. The Bertz CT molecular complexity index is 1030. The molecule has 0 aliphatic rings. The second kappa shape index (κ2) is 9.80. The molecule has 1 N–H and O–H groups in total. The molecule has 2 heterocycles. The fraction of sp³-hybridized carbons (Fsp3) is 0.182. The number of nitrogens with one attached hydrogen (secondary N) is 1. The van der Waals surface area contributed by atoms with Crippen LogP contribution in [0.25, 0.3) is 6.08 Å². The van der Waals surface area contributed by atoms with Crippen molar-refractivity contribution in [2.45, 2.75) is 26.3 Å². The highest BCUT2D eigenvalue weighted by atomic mass is 35.5. The van der Waals surface area contributed by atoms with Crippen molar-refractivity contribution in [2.24, 2.45) is 0 Å². The van der Waals surface area contributed by atoms with E-state index in [4.69, 9.17) is 11.6 Å². The molecule has 0 aliphatic heterocycles. The summed E-state index contributed by atoms with van der Waals surface area (Å²) in [5.74, 6) is 0.179. The Hall–Kier alpha value is -3.25. The van der Waals surface area contributed by atoms with Crippen molar-refractivity contribution in [3.8, 4) is 0 Å². The molecule has 0 unspecified atom stereocenters. The molecule has 0 spiro atoms. The van der Waals surface area contributed by atoms with Gasteiger partial charge in [-0.3, -0.25) is 14.6 Å². The number of pyridine rings is 1. The number of anilines is 1. The number of rotatable bonds is 8. The third-order valence-corrected chi connectivity index (χ3v) is 4.35. The highest BCUT2D eigenvalue weighted by Crippen LogP contribution is 2.13. The molecule has 0 bridgehead atoms. The van der Waals surface area contributed by atoms with E-state index < -0.39 is 0 Å². The minimum Gasteiger partial charge on any atom is -0.331 e. The average Bonchev–Trinajstić information content (AvgIpc) is 3.13. The molecule has 0 atom stereocenters. The maximum atomic E-state index is 12.1. The summed E-state index contributed by atoms with van der Waals surface area (Å²) in [5, 5.41) is 3.40. The molecule has 0 radical (unpaired) electrons. The molecular formula is C22H21ClN4O2. The summed E-state index contributed by atoms with van der Waals surface area (Å²) in [6, 6.07) is 11.0. The monoisotopic (exact) mass is 408 g/mol. The number of carbonyl (C=O) groups excluding carboxylic acids is 2. The molecule has 1 amide bonds. The molecule has 6 nitrogen and oxygen atoms in total. The van der Waals surface area contributed by atoms with E-state index in [-0.39, 0.29) is 11.7 Å². The number of aromatic nitrogens is 3. The summed E-state index contributed by atoms with van der Waals surface area (Å²) in [6.07, 6.45) is 9.29. The van der Waals surface area contributed by atoms with E-state index in [0.717, 1.165) is 17.5 Å². The smallest absolute Gasteiger partial charge is 0.249 e. The lowest BCUT2D eigenvalue weighted by Gasteiger charge is -2.02. The van der Waals surface area contributed by atoms with Gasteiger partial charge in [-0.1, -0.05) is 36.7 Å². The number of nitrogens with zero attached hydrogens (tertiary/aromatic N) is 3. The number of hydrogen-bond donors (Lipinski definition) is 1. The predicted octanol–water partition coefficient (Wildman–Crippen LogP) is 4.61. The molecule has 3 aromatic rings. The Morgan fingerprint density at radius 1 is 1.21 bits per heavy atom. The van der Waals surface area contributed by atoms with Gasteiger partial charge in [0.2, 0.25) is 5.91 Å². The van der Waals surface area contributed by atoms with Crippen molar-refractivity contribution in [3.05, 3.63) is 83.0 Å². The first-order valence-electron chi connectivity index (χ1n) is 9.28. The van der Waals surface area contributed by atoms with Gasteiger partial charge in [-0.25, -0.2) is 4.98 Å². The van der Waals surface area contributed by atoms with Gasteiger partial charge in [0.05, 0.1) is 6.33 Å². The minimum atomic E-state index is -0.302. The highest BCUT2D eigenvalue weighted by Gasteiger charge is 2.06. The lowest BCUT2D eigenvalue weighted by molar-refractivity contribution is -0.111. The SMILES string of the molecule is CCCC(=O)c1ccc(/C=C/C(=O)Nc2cn(Cc3cccc(Cl)c3)cn2)cn1. The Balaban J connectivity index is 1.55. The molecule has 0 saturated heterocycles. The molecule has 29 heavy (non-hydrogen) atoms. The van der Waals surface area contributed by atoms with Gasteiger partial charge in [0, 0.05) is 36.5 Å². The quantitative estimate of drug-likeness (QED) is 0.436. The van der Waals surface area contributed by atoms with Crippen molar-refractivity contribution >= 4 is 35.2 Å². The Morgan fingerprint density at radius 3 is 2.79 bits per heavy atom. The van der Waals surface area contributed by atoms with E-state index >= 15 is 0 Å². The minimum absolute atomic E-state index is 0.0223. The van der Waals surface area contributed by atoms with Crippen LogP contribution in [0.15, 0.2) is 61.2 Å². The largest absolute Gasteiger partial charge is 0.331 e. The normalized spacial score (nSPS) is 11.0. The van der Waals surface area contributed by atoms with E-state index in [1.807, 2.05) is 35.8 Å². The van der Waals surface area contributed by atoms with Crippen LogP contribution < -0.4 is 5.32 Å². The lowest BCUT2D eigenvalue weighted by Crippen LogP contribution is -2.08. The van der Waals surface area contributed by atoms with Crippen molar-refractivity contribution in [1.29, 1.82) is 0 Å². The molecule has 1 aromatic carbocycles. The molecule has 0 fully saturated rings. The fourth-order valence-electron chi connectivity index (χ4n) is 2.72. The Morgan fingerprint density at radius 2 is 2.07 bits per heavy atom. The third-order valence-electron chi connectivity index (χ3n) is 4.11. The topological polar surface area (TPSA) is 76.9 Å². The Labute approximate surface area is 174 Å². The van der Waals surface area contributed by atoms with E-state index in [1.165, 1.54) is 6.08 Å². The zero-order valence-corrected chi connectivity index (χ0v) is 16.8. The fourth-order valence-corrected chi connectivity index (χ4v) is 2.93.